The molecule has 1 fully saturated rings. The molecule has 1 saturated heterocycles. The van der Waals surface area contributed by atoms with Crippen molar-refractivity contribution in [3.63, 3.8) is 0 Å². The summed E-state index contributed by atoms with van der Waals surface area (Å²) in [6, 6.07) is 0.729. The normalized spacial score (nSPS) is 16.1. The van der Waals surface area contributed by atoms with Gasteiger partial charge in [0.05, 0.1) is 5.56 Å². The highest BCUT2D eigenvalue weighted by Gasteiger charge is 2.35. The van der Waals surface area contributed by atoms with Crippen LogP contribution in [0.3, 0.4) is 0 Å². The Balaban J connectivity index is 2.15. The number of likely N-dealkylation sites (tertiary alicyclic amines) is 1. The Labute approximate surface area is 153 Å². The molecule has 1 aliphatic rings. The third-order valence-electron chi connectivity index (χ3n) is 4.07. The van der Waals surface area contributed by atoms with E-state index in [9.17, 15) is 18.0 Å². The van der Waals surface area contributed by atoms with Gasteiger partial charge in [-0.15, -0.1) is 0 Å². The Hall–Kier alpha value is -2.98. The van der Waals surface area contributed by atoms with Crippen LogP contribution >= 0.6 is 0 Å². The number of hydrogen-bond acceptors (Lipinski definition) is 6. The van der Waals surface area contributed by atoms with Crippen molar-refractivity contribution in [3.05, 3.63) is 29.5 Å². The maximum Gasteiger partial charge on any atom is 0.417 e. The van der Waals surface area contributed by atoms with Gasteiger partial charge >= 0.3 is 12.3 Å². The van der Waals surface area contributed by atoms with Gasteiger partial charge in [0, 0.05) is 56.5 Å². The monoisotopic (exact) mass is 387 g/mol. The molecule has 0 unspecified atom stereocenters. The molecule has 5 N–H and O–H groups in total. The number of nitrogens with two attached hydrogens (primary N) is 1. The van der Waals surface area contributed by atoms with Crippen molar-refractivity contribution in [3.8, 4) is 0 Å². The third-order valence-corrected chi connectivity index (χ3v) is 4.07. The lowest BCUT2D eigenvalue weighted by atomic mass is 10.1. The second-order valence-corrected chi connectivity index (χ2v) is 5.91. The fraction of sp³-hybridized carbons (Fsp3) is 0.438. The number of hydrogen-bond donors (Lipinski definition) is 4. The van der Waals surface area contributed by atoms with E-state index in [4.69, 9.17) is 21.0 Å². The highest BCUT2D eigenvalue weighted by atomic mass is 19.4. The van der Waals surface area contributed by atoms with Gasteiger partial charge in [0.15, 0.2) is 0 Å². The fourth-order valence-corrected chi connectivity index (χ4v) is 2.71. The third kappa shape index (κ3) is 5.25. The Bertz CT molecular complexity index is 743. The summed E-state index contributed by atoms with van der Waals surface area (Å²) in [4.78, 5) is 15.8. The first kappa shape index (κ1) is 20.3. The van der Waals surface area contributed by atoms with Crippen molar-refractivity contribution >= 4 is 23.5 Å². The lowest BCUT2D eigenvalue weighted by Gasteiger charge is -2.30. The van der Waals surface area contributed by atoms with E-state index in [0.29, 0.717) is 12.8 Å². The van der Waals surface area contributed by atoms with Gasteiger partial charge in [-0.25, -0.2) is 9.78 Å². The van der Waals surface area contributed by atoms with Gasteiger partial charge in [-0.2, -0.15) is 13.2 Å². The van der Waals surface area contributed by atoms with Gasteiger partial charge in [-0.05, 0) is 6.07 Å². The molecule has 2 heterocycles. The van der Waals surface area contributed by atoms with Crippen LogP contribution in [-0.2, 0) is 10.9 Å². The van der Waals surface area contributed by atoms with E-state index < -0.39 is 17.8 Å². The Morgan fingerprint density at radius 2 is 2.11 bits per heavy atom. The minimum absolute atomic E-state index is 0.00259. The molecule has 0 spiro atoms. The quantitative estimate of drug-likeness (QED) is 0.464. The van der Waals surface area contributed by atoms with Crippen molar-refractivity contribution in [2.24, 2.45) is 0 Å². The van der Waals surface area contributed by atoms with Crippen molar-refractivity contribution in [2.75, 3.05) is 25.9 Å². The Kier molecular flexibility index (Phi) is 6.13. The molecule has 0 saturated carbocycles. The Morgan fingerprint density at radius 1 is 1.48 bits per heavy atom. The molecule has 0 aromatic carbocycles. The number of nitrogens with zero attached hydrogens (tertiary/aromatic N) is 2. The van der Waals surface area contributed by atoms with Crippen LogP contribution in [0.5, 0.6) is 0 Å². The van der Waals surface area contributed by atoms with E-state index in [1.807, 2.05) is 0 Å². The zero-order valence-corrected chi connectivity index (χ0v) is 14.5. The van der Waals surface area contributed by atoms with Crippen LogP contribution in [0.25, 0.3) is 5.70 Å². The number of nitrogens with one attached hydrogen (secondary N) is 2. The highest BCUT2D eigenvalue weighted by molar-refractivity contribution is 5.93. The number of piperidine rings is 1. The molecule has 1 aromatic heterocycles. The number of nitrogen functional groups attached to an aromatic ring is 1. The number of rotatable bonds is 4. The highest BCUT2D eigenvalue weighted by Crippen LogP contribution is 2.35. The molecule has 1 amide bonds. The molecule has 2 rings (SSSR count). The molecule has 148 valence electrons. The molecule has 1 aromatic rings. The lowest BCUT2D eigenvalue weighted by Crippen LogP contribution is -2.40. The maximum absolute atomic E-state index is 13.3. The van der Waals surface area contributed by atoms with Crippen LogP contribution in [-0.4, -0.2) is 53.2 Å². The topological polar surface area (TPSA) is 125 Å². The van der Waals surface area contributed by atoms with E-state index in [1.54, 1.807) is 0 Å². The van der Waals surface area contributed by atoms with Crippen LogP contribution < -0.4 is 11.1 Å². The SMILES string of the molecule is CN/C(=C\C(=N)OC1CCN(C(=O)O)CC1)c1cnc(N)cc1C(F)(F)F. The molecule has 0 atom stereocenters. The van der Waals surface area contributed by atoms with Crippen LogP contribution in [0.2, 0.25) is 0 Å². The number of carboxylic acid groups (broad SMARTS) is 1. The van der Waals surface area contributed by atoms with Crippen molar-refractivity contribution in [1.82, 2.24) is 15.2 Å². The smallest absolute Gasteiger partial charge is 0.417 e. The molecule has 1 aliphatic heterocycles. The first-order valence-corrected chi connectivity index (χ1v) is 8.07. The number of alkyl halides is 3. The summed E-state index contributed by atoms with van der Waals surface area (Å²) in [7, 11) is 1.42. The van der Waals surface area contributed by atoms with E-state index in [2.05, 4.69) is 10.3 Å². The predicted octanol–water partition coefficient (Wildman–Crippen LogP) is 2.38. The van der Waals surface area contributed by atoms with Gasteiger partial charge < -0.3 is 25.8 Å². The predicted molar refractivity (Wildman–Crippen MR) is 92.1 cm³/mol. The van der Waals surface area contributed by atoms with Gasteiger partial charge in [0.25, 0.3) is 0 Å². The van der Waals surface area contributed by atoms with Gasteiger partial charge in [0.2, 0.25) is 5.90 Å². The van der Waals surface area contributed by atoms with Crippen LogP contribution in [0, 0.1) is 5.41 Å². The van der Waals surface area contributed by atoms with E-state index in [1.165, 1.54) is 11.9 Å². The zero-order valence-electron chi connectivity index (χ0n) is 14.5. The number of amides is 1. The number of ether oxygens (including phenoxy) is 1. The minimum Gasteiger partial charge on any atom is -0.475 e. The minimum atomic E-state index is -4.64. The van der Waals surface area contributed by atoms with Gasteiger partial charge in [-0.3, -0.25) is 5.41 Å². The van der Waals surface area contributed by atoms with Gasteiger partial charge in [-0.1, -0.05) is 0 Å². The van der Waals surface area contributed by atoms with Crippen molar-refractivity contribution < 1.29 is 27.8 Å². The first-order valence-electron chi connectivity index (χ1n) is 8.07. The van der Waals surface area contributed by atoms with E-state index in [0.717, 1.165) is 18.3 Å². The van der Waals surface area contributed by atoms with Crippen molar-refractivity contribution in [1.29, 1.82) is 5.41 Å². The molecular weight excluding hydrogens is 367 g/mol. The second-order valence-electron chi connectivity index (χ2n) is 5.91. The Morgan fingerprint density at radius 3 is 2.63 bits per heavy atom. The zero-order chi connectivity index (χ0) is 20.2. The average Bonchev–Trinajstić information content (AvgIpc) is 2.59. The number of anilines is 1. The summed E-state index contributed by atoms with van der Waals surface area (Å²) >= 11 is 0. The molecule has 0 radical (unpaired) electrons. The van der Waals surface area contributed by atoms with E-state index >= 15 is 0 Å². The maximum atomic E-state index is 13.3. The van der Waals surface area contributed by atoms with Crippen molar-refractivity contribution in [2.45, 2.75) is 25.1 Å². The number of carbonyl (C=O) groups is 1. The lowest BCUT2D eigenvalue weighted by molar-refractivity contribution is -0.137. The number of pyridine rings is 1. The number of aromatic nitrogens is 1. The van der Waals surface area contributed by atoms with E-state index in [-0.39, 0.29) is 42.2 Å². The second kappa shape index (κ2) is 8.14. The molecule has 27 heavy (non-hydrogen) atoms. The molecular formula is C16H20F3N5O3. The summed E-state index contributed by atoms with van der Waals surface area (Å²) in [5.74, 6) is -0.601. The standard InChI is InChI=1S/C16H20F3N5O3/c1-22-12(10-8-23-13(20)6-11(10)16(17,18)19)7-14(21)27-9-2-4-24(5-3-9)15(25)26/h6-9,21-22H,2-5H2,1H3,(H2,20,23)(H,25,26)/b12-7-,21-14?. The summed E-state index contributed by atoms with van der Waals surface area (Å²) in [5.41, 5.74) is 4.13. The first-order chi connectivity index (χ1) is 12.6. The van der Waals surface area contributed by atoms with Gasteiger partial charge in [0.1, 0.15) is 11.9 Å². The molecule has 0 bridgehead atoms. The summed E-state index contributed by atoms with van der Waals surface area (Å²) in [6.45, 7) is 0.548. The largest absolute Gasteiger partial charge is 0.475 e. The fourth-order valence-electron chi connectivity index (χ4n) is 2.71. The summed E-state index contributed by atoms with van der Waals surface area (Å²) in [5, 5.41) is 19.4. The van der Waals surface area contributed by atoms with Crippen LogP contribution in [0.4, 0.5) is 23.8 Å². The van der Waals surface area contributed by atoms with Crippen LogP contribution in [0.1, 0.15) is 24.0 Å². The number of halogens is 3. The summed E-state index contributed by atoms with van der Waals surface area (Å²) in [6.07, 6.45) is -3.13. The molecule has 8 nitrogen and oxygen atoms in total. The average molecular weight is 387 g/mol. The molecule has 11 heteroatoms. The molecule has 0 aliphatic carbocycles. The summed E-state index contributed by atoms with van der Waals surface area (Å²) < 4.78 is 45.2. The van der Waals surface area contributed by atoms with Crippen LogP contribution in [0.15, 0.2) is 18.3 Å².